The summed E-state index contributed by atoms with van der Waals surface area (Å²) in [6.45, 7) is 2.25. The Morgan fingerprint density at radius 2 is 2.20 bits per heavy atom. The van der Waals surface area contributed by atoms with Crippen LogP contribution in [-0.2, 0) is 0 Å². The summed E-state index contributed by atoms with van der Waals surface area (Å²) in [6.07, 6.45) is 0. The number of hydrogen-bond donors (Lipinski definition) is 1. The van der Waals surface area contributed by atoms with Gasteiger partial charge < -0.3 is 5.64 Å². The fraction of sp³-hybridized carbons (Fsp3) is 1.00. The van der Waals surface area contributed by atoms with E-state index in [0.29, 0.717) is 6.74 Å². The van der Waals surface area contributed by atoms with Crippen molar-refractivity contribution in [3.63, 3.8) is 0 Å². The van der Waals surface area contributed by atoms with Gasteiger partial charge in [-0.3, -0.25) is 0 Å². The van der Waals surface area contributed by atoms with Crippen LogP contribution in [0.2, 0.25) is 6.82 Å². The van der Waals surface area contributed by atoms with Crippen LogP contribution in [0, 0.1) is 0 Å². The molecule has 0 amide bonds. The van der Waals surface area contributed by atoms with E-state index in [0.717, 1.165) is 5.99 Å². The third-order valence-electron chi connectivity index (χ3n) is 0.243. The molecule has 0 aromatic carbocycles. The van der Waals surface area contributed by atoms with E-state index in [1.807, 2.05) is 6.82 Å². The molecule has 0 bridgehead atoms. The van der Waals surface area contributed by atoms with Crippen LogP contribution in [0.25, 0.3) is 0 Å². The second-order valence-corrected chi connectivity index (χ2v) is 1.78. The Kier molecular flexibility index (Phi) is 3.11. The zero-order valence-corrected chi connectivity index (χ0v) is 4.83. The molecule has 0 spiro atoms. The third-order valence-corrected chi connectivity index (χ3v) is 1.26. The van der Waals surface area contributed by atoms with Gasteiger partial charge in [-0.25, -0.2) is 0 Å². The zero-order valence-electron chi connectivity index (χ0n) is 3.24. The number of hydrogen-bond acceptors (Lipinski definition) is 1. The van der Waals surface area contributed by atoms with Crippen molar-refractivity contribution in [1.29, 1.82) is 0 Å². The predicted molar refractivity (Wildman–Crippen MR) is 31.9 cm³/mol. The van der Waals surface area contributed by atoms with E-state index in [2.05, 4.69) is 15.8 Å². The summed E-state index contributed by atoms with van der Waals surface area (Å²) in [6, 6.07) is 0. The summed E-state index contributed by atoms with van der Waals surface area (Å²) in [5.41, 5.74) is 5.24. The standard InChI is InChI=1S/CH6B2BrN/c1-3(5)2-4/h2H,5H2,1H3. The van der Waals surface area contributed by atoms with Crippen molar-refractivity contribution in [3.8, 4) is 0 Å². The predicted octanol–water partition coefficient (Wildman–Crippen LogP) is -0.191. The lowest BCUT2D eigenvalue weighted by atomic mass is 9.46. The second kappa shape index (κ2) is 2.79. The van der Waals surface area contributed by atoms with Crippen molar-refractivity contribution in [2.45, 2.75) is 6.82 Å². The smallest absolute Gasteiger partial charge is 0.193 e. The van der Waals surface area contributed by atoms with E-state index in [1.54, 1.807) is 0 Å². The van der Waals surface area contributed by atoms with Gasteiger partial charge in [-0.1, -0.05) is 6.82 Å². The summed E-state index contributed by atoms with van der Waals surface area (Å²) >= 11 is 3.19. The van der Waals surface area contributed by atoms with Crippen molar-refractivity contribution >= 4 is 28.5 Å². The molecule has 0 rings (SSSR count). The highest BCUT2D eigenvalue weighted by Gasteiger charge is 1.92. The summed E-state index contributed by atoms with van der Waals surface area (Å²) in [5, 5.41) is 0. The van der Waals surface area contributed by atoms with Crippen molar-refractivity contribution in [2.75, 3.05) is 0 Å². The van der Waals surface area contributed by atoms with Gasteiger partial charge in [0.15, 0.2) is 12.7 Å². The number of rotatable bonds is 1. The van der Waals surface area contributed by atoms with Crippen molar-refractivity contribution in [2.24, 2.45) is 5.64 Å². The molecule has 0 aromatic rings. The minimum Gasteiger partial charge on any atom is -0.375 e. The van der Waals surface area contributed by atoms with Gasteiger partial charge in [-0.05, 0) is 0 Å². The van der Waals surface area contributed by atoms with Crippen molar-refractivity contribution < 1.29 is 0 Å². The van der Waals surface area contributed by atoms with Gasteiger partial charge in [0, 0.05) is 0 Å². The summed E-state index contributed by atoms with van der Waals surface area (Å²) in [7, 11) is 0. The minimum absolute atomic E-state index is 0.301. The average Bonchev–Trinajstić information content (AvgIpc) is 1.38. The molecule has 0 aliphatic carbocycles. The SMILES string of the molecule is CB(N)BBr. The molecule has 0 fully saturated rings. The van der Waals surface area contributed by atoms with Crippen molar-refractivity contribution in [3.05, 3.63) is 0 Å². The fourth-order valence-electron chi connectivity index (χ4n) is 0. The van der Waals surface area contributed by atoms with Gasteiger partial charge in [0.05, 0.1) is 0 Å². The van der Waals surface area contributed by atoms with Crippen LogP contribution in [0.3, 0.4) is 0 Å². The largest absolute Gasteiger partial charge is 0.375 e. The molecule has 1 nitrogen and oxygen atoms in total. The Bertz CT molecular complexity index is 23.6. The molecule has 0 saturated heterocycles. The highest BCUT2D eigenvalue weighted by molar-refractivity contribution is 9.24. The number of halogens is 1. The molecule has 0 saturated carbocycles. The van der Waals surface area contributed by atoms with Gasteiger partial charge in [0.2, 0.25) is 0 Å². The second-order valence-electron chi connectivity index (χ2n) is 1.13. The maximum Gasteiger partial charge on any atom is 0.193 e. The van der Waals surface area contributed by atoms with Crippen LogP contribution in [0.4, 0.5) is 0 Å². The normalized spacial score (nSPS) is 7.00. The van der Waals surface area contributed by atoms with Gasteiger partial charge in [-0.2, -0.15) is 15.8 Å². The molecular formula is CH6B2BrN. The molecule has 0 aliphatic heterocycles. The first-order chi connectivity index (χ1) is 2.27. The third kappa shape index (κ3) is 4.57. The molecule has 0 radical (unpaired) electrons. The van der Waals surface area contributed by atoms with Crippen LogP contribution < -0.4 is 5.64 Å². The van der Waals surface area contributed by atoms with Crippen LogP contribution in [0.5, 0.6) is 0 Å². The zero-order chi connectivity index (χ0) is 4.28. The van der Waals surface area contributed by atoms with E-state index >= 15 is 0 Å². The molecule has 2 N–H and O–H groups in total. The molecular weight excluding hydrogens is 128 g/mol. The highest BCUT2D eigenvalue weighted by Crippen LogP contribution is 1.72. The quantitative estimate of drug-likeness (QED) is 0.493. The van der Waals surface area contributed by atoms with E-state index in [1.165, 1.54) is 0 Å². The van der Waals surface area contributed by atoms with Gasteiger partial charge >= 0.3 is 0 Å². The van der Waals surface area contributed by atoms with Gasteiger partial charge in [0.1, 0.15) is 0 Å². The fourth-order valence-corrected chi connectivity index (χ4v) is 0. The molecule has 0 unspecified atom stereocenters. The lowest BCUT2D eigenvalue weighted by Gasteiger charge is -1.81. The molecule has 5 heavy (non-hydrogen) atoms. The van der Waals surface area contributed by atoms with Crippen LogP contribution >= 0.6 is 15.8 Å². The average molecular weight is 134 g/mol. The maximum atomic E-state index is 5.24. The molecule has 0 aromatic heterocycles. The first-order valence-electron chi connectivity index (χ1n) is 1.59. The van der Waals surface area contributed by atoms with E-state index in [-0.39, 0.29) is 0 Å². The first-order valence-corrected chi connectivity index (χ1v) is 2.71. The molecule has 0 aliphatic rings. The summed E-state index contributed by atoms with van der Waals surface area (Å²) < 4.78 is 0. The first kappa shape index (κ1) is 5.57. The molecule has 4 heteroatoms. The van der Waals surface area contributed by atoms with Crippen LogP contribution in [-0.4, -0.2) is 12.7 Å². The Morgan fingerprint density at radius 3 is 2.20 bits per heavy atom. The Labute approximate surface area is 41.6 Å². The van der Waals surface area contributed by atoms with E-state index < -0.39 is 0 Å². The molecule has 0 atom stereocenters. The Hall–Kier alpha value is 0.570. The topological polar surface area (TPSA) is 26.0 Å². The van der Waals surface area contributed by atoms with Gasteiger partial charge in [0.25, 0.3) is 0 Å². The minimum atomic E-state index is 0.301. The highest BCUT2D eigenvalue weighted by atomic mass is 79.9. The Balaban J connectivity index is 2.54. The van der Waals surface area contributed by atoms with E-state index in [4.69, 9.17) is 5.64 Å². The van der Waals surface area contributed by atoms with Crippen molar-refractivity contribution in [1.82, 2.24) is 0 Å². The van der Waals surface area contributed by atoms with Gasteiger partial charge in [-0.15, -0.1) is 0 Å². The Morgan fingerprint density at radius 1 is 2.00 bits per heavy atom. The number of nitrogens with two attached hydrogens (primary N) is 1. The summed E-state index contributed by atoms with van der Waals surface area (Å²) in [5.74, 6) is 0.896. The molecule has 0 heterocycles. The monoisotopic (exact) mass is 133 g/mol. The lowest BCUT2D eigenvalue weighted by molar-refractivity contribution is 1.85. The van der Waals surface area contributed by atoms with E-state index in [9.17, 15) is 0 Å². The maximum absolute atomic E-state index is 5.24. The van der Waals surface area contributed by atoms with Crippen LogP contribution in [0.15, 0.2) is 0 Å². The summed E-state index contributed by atoms with van der Waals surface area (Å²) in [4.78, 5) is 0. The lowest BCUT2D eigenvalue weighted by Crippen LogP contribution is -2.25. The van der Waals surface area contributed by atoms with Crippen LogP contribution in [0.1, 0.15) is 0 Å². The molecule has 28 valence electrons.